The van der Waals surface area contributed by atoms with Gasteiger partial charge in [-0.2, -0.15) is 5.26 Å². The largest absolute Gasteiger partial charge is 0.490 e. The van der Waals surface area contributed by atoms with Crippen molar-refractivity contribution in [3.05, 3.63) is 64.7 Å². The summed E-state index contributed by atoms with van der Waals surface area (Å²) in [5, 5.41) is 11.8. The molecule has 0 saturated carbocycles. The van der Waals surface area contributed by atoms with E-state index in [9.17, 15) is 10.1 Å². The highest BCUT2D eigenvalue weighted by atomic mass is 16.5. The number of nitrogens with zero attached hydrogens (tertiary/aromatic N) is 1. The van der Waals surface area contributed by atoms with E-state index in [4.69, 9.17) is 9.47 Å². The molecule has 5 nitrogen and oxygen atoms in total. The number of ether oxygens (including phenoxy) is 2. The summed E-state index contributed by atoms with van der Waals surface area (Å²) >= 11 is 0. The zero-order chi connectivity index (χ0) is 19.6. The highest BCUT2D eigenvalue weighted by Gasteiger charge is 2.10. The lowest BCUT2D eigenvalue weighted by Crippen LogP contribution is -2.23. The van der Waals surface area contributed by atoms with Crippen LogP contribution in [-0.2, 0) is 11.4 Å². The molecule has 2 aromatic carbocycles. The van der Waals surface area contributed by atoms with E-state index in [0.717, 1.165) is 5.56 Å². The minimum absolute atomic E-state index is 0.0487. The molecule has 140 valence electrons. The first-order valence-electron chi connectivity index (χ1n) is 8.92. The molecule has 2 aromatic rings. The standard InChI is InChI=1S/C22H24N2O3/c1-4-24-22(25)19(14-23)12-18-10-11-20(21(13-18)26-5-2)27-15-17-8-6-16(3)7-9-17/h6-13H,4-5,15H2,1-3H3,(H,24,25)/b19-12+. The molecule has 0 aliphatic rings. The molecule has 0 fully saturated rings. The van der Waals surface area contributed by atoms with Gasteiger partial charge in [0.2, 0.25) is 0 Å². The Morgan fingerprint density at radius 3 is 2.48 bits per heavy atom. The monoisotopic (exact) mass is 364 g/mol. The van der Waals surface area contributed by atoms with Gasteiger partial charge < -0.3 is 14.8 Å². The third kappa shape index (κ3) is 5.89. The van der Waals surface area contributed by atoms with Crippen LogP contribution in [0.1, 0.15) is 30.5 Å². The second kappa shape index (κ2) is 10.0. The summed E-state index contributed by atoms with van der Waals surface area (Å²) in [6, 6.07) is 15.4. The molecule has 1 amide bonds. The van der Waals surface area contributed by atoms with Crippen LogP contribution in [0, 0.1) is 18.3 Å². The van der Waals surface area contributed by atoms with Crippen LogP contribution >= 0.6 is 0 Å². The topological polar surface area (TPSA) is 71.4 Å². The van der Waals surface area contributed by atoms with Crippen molar-refractivity contribution in [3.8, 4) is 17.6 Å². The van der Waals surface area contributed by atoms with Crippen LogP contribution in [0.25, 0.3) is 6.08 Å². The Kier molecular flexibility index (Phi) is 7.45. The van der Waals surface area contributed by atoms with Gasteiger partial charge in [-0.25, -0.2) is 0 Å². The third-order valence-electron chi connectivity index (χ3n) is 3.80. The number of nitriles is 1. The van der Waals surface area contributed by atoms with Crippen LogP contribution in [0.3, 0.4) is 0 Å². The molecule has 0 unspecified atom stereocenters. The van der Waals surface area contributed by atoms with Gasteiger partial charge in [0.05, 0.1) is 6.61 Å². The predicted octanol–water partition coefficient (Wildman–Crippen LogP) is 4.02. The summed E-state index contributed by atoms with van der Waals surface area (Å²) in [4.78, 5) is 11.9. The zero-order valence-electron chi connectivity index (χ0n) is 15.9. The van der Waals surface area contributed by atoms with Gasteiger partial charge in [-0.15, -0.1) is 0 Å². The first-order chi connectivity index (χ1) is 13.1. The number of hydrogen-bond acceptors (Lipinski definition) is 4. The van der Waals surface area contributed by atoms with Crippen LogP contribution in [0.4, 0.5) is 0 Å². The molecule has 0 aromatic heterocycles. The van der Waals surface area contributed by atoms with Crippen LogP contribution in [0.2, 0.25) is 0 Å². The van der Waals surface area contributed by atoms with E-state index in [0.29, 0.717) is 36.8 Å². The van der Waals surface area contributed by atoms with Gasteiger partial charge in [0.25, 0.3) is 5.91 Å². The van der Waals surface area contributed by atoms with Crippen molar-refractivity contribution in [2.24, 2.45) is 0 Å². The second-order valence-corrected chi connectivity index (χ2v) is 5.94. The van der Waals surface area contributed by atoms with Crippen LogP contribution in [0.5, 0.6) is 11.5 Å². The molecule has 5 heteroatoms. The molecule has 27 heavy (non-hydrogen) atoms. The maximum absolute atomic E-state index is 11.9. The van der Waals surface area contributed by atoms with E-state index in [1.54, 1.807) is 25.1 Å². The van der Waals surface area contributed by atoms with Crippen molar-refractivity contribution < 1.29 is 14.3 Å². The summed E-state index contributed by atoms with van der Waals surface area (Å²) in [5.74, 6) is 0.801. The summed E-state index contributed by atoms with van der Waals surface area (Å²) in [5.41, 5.74) is 3.01. The fourth-order valence-corrected chi connectivity index (χ4v) is 2.42. The summed E-state index contributed by atoms with van der Waals surface area (Å²) in [6.45, 7) is 7.11. The molecule has 0 heterocycles. The van der Waals surface area contributed by atoms with Crippen molar-refractivity contribution in [3.63, 3.8) is 0 Å². The molecule has 0 spiro atoms. The molecule has 0 radical (unpaired) electrons. The first kappa shape index (κ1) is 20.1. The number of aryl methyl sites for hydroxylation is 1. The van der Waals surface area contributed by atoms with Gasteiger partial charge in [0.1, 0.15) is 18.2 Å². The van der Waals surface area contributed by atoms with Crippen LogP contribution in [0.15, 0.2) is 48.0 Å². The number of hydrogen-bond donors (Lipinski definition) is 1. The van der Waals surface area contributed by atoms with Gasteiger partial charge in [0, 0.05) is 6.54 Å². The lowest BCUT2D eigenvalue weighted by molar-refractivity contribution is -0.116. The summed E-state index contributed by atoms with van der Waals surface area (Å²) < 4.78 is 11.6. The smallest absolute Gasteiger partial charge is 0.261 e. The van der Waals surface area contributed by atoms with E-state index >= 15 is 0 Å². The number of carbonyl (C=O) groups excluding carboxylic acids is 1. The molecule has 2 rings (SSSR count). The number of rotatable bonds is 8. The maximum atomic E-state index is 11.9. The SMILES string of the molecule is CCNC(=O)/C(C#N)=C/c1ccc(OCc2ccc(C)cc2)c(OCC)c1. The van der Waals surface area contributed by atoms with Crippen LogP contribution < -0.4 is 14.8 Å². The molecule has 0 atom stereocenters. The minimum atomic E-state index is -0.391. The number of likely N-dealkylation sites (N-methyl/N-ethyl adjacent to an activating group) is 1. The number of nitrogens with one attached hydrogen (secondary N) is 1. The average molecular weight is 364 g/mol. The molecule has 0 bridgehead atoms. The Bertz CT molecular complexity index is 849. The van der Waals surface area contributed by atoms with Gasteiger partial charge in [-0.1, -0.05) is 35.9 Å². The Morgan fingerprint density at radius 1 is 1.11 bits per heavy atom. The number of carbonyl (C=O) groups is 1. The van der Waals surface area contributed by atoms with Crippen molar-refractivity contribution in [2.45, 2.75) is 27.4 Å². The van der Waals surface area contributed by atoms with Crippen LogP contribution in [-0.4, -0.2) is 19.1 Å². The second-order valence-electron chi connectivity index (χ2n) is 5.94. The number of benzene rings is 2. The van der Waals surface area contributed by atoms with Crippen molar-refractivity contribution in [1.29, 1.82) is 5.26 Å². The molecule has 0 saturated heterocycles. The zero-order valence-corrected chi connectivity index (χ0v) is 15.9. The van der Waals surface area contributed by atoms with E-state index in [1.165, 1.54) is 11.6 Å². The van der Waals surface area contributed by atoms with E-state index in [1.807, 2.05) is 44.2 Å². The van der Waals surface area contributed by atoms with E-state index < -0.39 is 5.91 Å². The summed E-state index contributed by atoms with van der Waals surface area (Å²) in [7, 11) is 0. The van der Waals surface area contributed by atoms with Gasteiger partial charge in [-0.3, -0.25) is 4.79 Å². The lowest BCUT2D eigenvalue weighted by Gasteiger charge is -2.13. The molecule has 1 N–H and O–H groups in total. The minimum Gasteiger partial charge on any atom is -0.490 e. The van der Waals surface area contributed by atoms with Crippen molar-refractivity contribution in [1.82, 2.24) is 5.32 Å². The molecular formula is C22H24N2O3. The Labute approximate surface area is 160 Å². The molecule has 0 aliphatic heterocycles. The lowest BCUT2D eigenvalue weighted by atomic mass is 10.1. The van der Waals surface area contributed by atoms with Crippen molar-refractivity contribution >= 4 is 12.0 Å². The molecular weight excluding hydrogens is 340 g/mol. The predicted molar refractivity (Wildman–Crippen MR) is 105 cm³/mol. The molecule has 0 aliphatic carbocycles. The quantitative estimate of drug-likeness (QED) is 0.567. The average Bonchev–Trinajstić information content (AvgIpc) is 2.67. The van der Waals surface area contributed by atoms with Gasteiger partial charge >= 0.3 is 0 Å². The highest BCUT2D eigenvalue weighted by Crippen LogP contribution is 2.30. The summed E-state index contributed by atoms with van der Waals surface area (Å²) in [6.07, 6.45) is 1.54. The Hall–Kier alpha value is -3.26. The maximum Gasteiger partial charge on any atom is 0.261 e. The fraction of sp³-hybridized carbons (Fsp3) is 0.273. The Morgan fingerprint density at radius 2 is 1.85 bits per heavy atom. The van der Waals surface area contributed by atoms with Gasteiger partial charge in [-0.05, 0) is 50.1 Å². The highest BCUT2D eigenvalue weighted by molar-refractivity contribution is 6.01. The fourth-order valence-electron chi connectivity index (χ4n) is 2.42. The van der Waals surface area contributed by atoms with Gasteiger partial charge in [0.15, 0.2) is 11.5 Å². The number of amides is 1. The normalized spacial score (nSPS) is 10.8. The first-order valence-corrected chi connectivity index (χ1v) is 8.92. The Balaban J connectivity index is 2.21. The van der Waals surface area contributed by atoms with Crippen molar-refractivity contribution in [2.75, 3.05) is 13.2 Å². The van der Waals surface area contributed by atoms with E-state index in [2.05, 4.69) is 5.32 Å². The van der Waals surface area contributed by atoms with E-state index in [-0.39, 0.29) is 5.57 Å². The third-order valence-corrected chi connectivity index (χ3v) is 3.80.